The van der Waals surface area contributed by atoms with E-state index in [9.17, 15) is 18.0 Å². The van der Waals surface area contributed by atoms with Gasteiger partial charge in [0.2, 0.25) is 15.9 Å². The Morgan fingerprint density at radius 2 is 1.65 bits per heavy atom. The molecule has 7 nitrogen and oxygen atoms in total. The number of hydrogen-bond donors (Lipinski definition) is 1. The SMILES string of the molecule is Cc1ccc(S(=O)(=O)N2CCCN(C(=O)CCNC(=O)c3ccc(Cl)cc3)CC2)cc1. The first-order valence-electron chi connectivity index (χ1n) is 10.2. The lowest BCUT2D eigenvalue weighted by atomic mass is 10.2. The summed E-state index contributed by atoms with van der Waals surface area (Å²) in [4.78, 5) is 26.6. The third kappa shape index (κ3) is 6.06. The van der Waals surface area contributed by atoms with E-state index in [1.54, 1.807) is 53.4 Å². The number of carbonyl (C=O) groups excluding carboxylic acids is 2. The summed E-state index contributed by atoms with van der Waals surface area (Å²) in [6.45, 7) is 3.55. The summed E-state index contributed by atoms with van der Waals surface area (Å²) in [6.07, 6.45) is 0.720. The molecule has 0 spiro atoms. The topological polar surface area (TPSA) is 86.8 Å². The molecule has 0 saturated carbocycles. The van der Waals surface area contributed by atoms with Gasteiger partial charge < -0.3 is 10.2 Å². The van der Waals surface area contributed by atoms with Crippen LogP contribution in [0.15, 0.2) is 53.4 Å². The van der Waals surface area contributed by atoms with E-state index in [2.05, 4.69) is 5.32 Å². The smallest absolute Gasteiger partial charge is 0.251 e. The zero-order valence-electron chi connectivity index (χ0n) is 17.4. The largest absolute Gasteiger partial charge is 0.352 e. The van der Waals surface area contributed by atoms with Gasteiger partial charge in [-0.3, -0.25) is 9.59 Å². The van der Waals surface area contributed by atoms with Gasteiger partial charge in [-0.05, 0) is 49.7 Å². The van der Waals surface area contributed by atoms with Gasteiger partial charge in [0.1, 0.15) is 0 Å². The molecular formula is C22H26ClN3O4S. The lowest BCUT2D eigenvalue weighted by Crippen LogP contribution is -2.38. The zero-order valence-corrected chi connectivity index (χ0v) is 19.0. The van der Waals surface area contributed by atoms with E-state index in [-0.39, 0.29) is 36.2 Å². The van der Waals surface area contributed by atoms with Crippen molar-refractivity contribution in [1.82, 2.24) is 14.5 Å². The van der Waals surface area contributed by atoms with E-state index in [1.165, 1.54) is 4.31 Å². The number of rotatable bonds is 6. The standard InChI is InChI=1S/C22H26ClN3O4S/c1-17-3-9-20(10-4-17)31(29,30)26-14-2-13-25(15-16-26)21(27)11-12-24-22(28)18-5-7-19(23)8-6-18/h3-10H,2,11-16H2,1H3,(H,24,28). The van der Waals surface area contributed by atoms with Gasteiger partial charge in [-0.1, -0.05) is 29.3 Å². The van der Waals surface area contributed by atoms with Gasteiger partial charge in [-0.2, -0.15) is 4.31 Å². The monoisotopic (exact) mass is 463 g/mol. The van der Waals surface area contributed by atoms with Crippen molar-refractivity contribution in [2.24, 2.45) is 0 Å². The second-order valence-corrected chi connectivity index (χ2v) is 9.84. The number of halogens is 1. The van der Waals surface area contributed by atoms with Crippen molar-refractivity contribution in [3.05, 3.63) is 64.7 Å². The average Bonchev–Trinajstić information content (AvgIpc) is 3.01. The molecule has 2 aromatic rings. The Bertz CT molecular complexity index is 1020. The maximum atomic E-state index is 12.9. The van der Waals surface area contributed by atoms with Gasteiger partial charge in [0.05, 0.1) is 4.90 Å². The van der Waals surface area contributed by atoms with Crippen LogP contribution < -0.4 is 5.32 Å². The van der Waals surface area contributed by atoms with E-state index in [0.717, 1.165) is 5.56 Å². The van der Waals surface area contributed by atoms with Crippen molar-refractivity contribution in [2.45, 2.75) is 24.7 Å². The molecule has 1 saturated heterocycles. The zero-order chi connectivity index (χ0) is 22.4. The van der Waals surface area contributed by atoms with E-state index < -0.39 is 10.0 Å². The van der Waals surface area contributed by atoms with Crippen LogP contribution in [0.3, 0.4) is 0 Å². The Hall–Kier alpha value is -2.42. The molecule has 9 heteroatoms. The molecule has 3 rings (SSSR count). The maximum absolute atomic E-state index is 12.9. The summed E-state index contributed by atoms with van der Waals surface area (Å²) in [5, 5.41) is 3.27. The fourth-order valence-corrected chi connectivity index (χ4v) is 4.98. The van der Waals surface area contributed by atoms with E-state index in [1.807, 2.05) is 6.92 Å². The van der Waals surface area contributed by atoms with Crippen LogP contribution in [0.2, 0.25) is 5.02 Å². The Kier molecular flexibility index (Phi) is 7.69. The van der Waals surface area contributed by atoms with Gasteiger partial charge >= 0.3 is 0 Å². The Morgan fingerprint density at radius 1 is 0.968 bits per heavy atom. The molecule has 31 heavy (non-hydrogen) atoms. The van der Waals surface area contributed by atoms with Crippen LogP contribution in [0, 0.1) is 6.92 Å². The highest BCUT2D eigenvalue weighted by molar-refractivity contribution is 7.89. The molecule has 0 radical (unpaired) electrons. The summed E-state index contributed by atoms with van der Waals surface area (Å²) in [5.41, 5.74) is 1.47. The number of amides is 2. The highest BCUT2D eigenvalue weighted by atomic mass is 35.5. The van der Waals surface area contributed by atoms with Crippen molar-refractivity contribution >= 4 is 33.4 Å². The minimum absolute atomic E-state index is 0.106. The van der Waals surface area contributed by atoms with Crippen molar-refractivity contribution in [1.29, 1.82) is 0 Å². The van der Waals surface area contributed by atoms with E-state index in [4.69, 9.17) is 11.6 Å². The summed E-state index contributed by atoms with van der Waals surface area (Å²) in [7, 11) is -3.58. The van der Waals surface area contributed by atoms with Crippen LogP contribution in [0.1, 0.15) is 28.8 Å². The molecule has 0 aromatic heterocycles. The van der Waals surface area contributed by atoms with Crippen molar-refractivity contribution in [2.75, 3.05) is 32.7 Å². The average molecular weight is 464 g/mol. The van der Waals surface area contributed by atoms with Gasteiger partial charge in [-0.15, -0.1) is 0 Å². The maximum Gasteiger partial charge on any atom is 0.251 e. The fraction of sp³-hybridized carbons (Fsp3) is 0.364. The van der Waals surface area contributed by atoms with Gasteiger partial charge in [0, 0.05) is 49.7 Å². The summed E-state index contributed by atoms with van der Waals surface area (Å²) in [6, 6.07) is 13.3. The highest BCUT2D eigenvalue weighted by Crippen LogP contribution is 2.18. The Labute approximate surface area is 188 Å². The lowest BCUT2D eigenvalue weighted by Gasteiger charge is -2.22. The molecule has 0 aliphatic carbocycles. The predicted octanol–water partition coefficient (Wildman–Crippen LogP) is 2.69. The molecule has 1 N–H and O–H groups in total. The van der Waals surface area contributed by atoms with Crippen LogP contribution in [0.25, 0.3) is 0 Å². The lowest BCUT2D eigenvalue weighted by molar-refractivity contribution is -0.130. The summed E-state index contributed by atoms with van der Waals surface area (Å²) < 4.78 is 27.2. The van der Waals surface area contributed by atoms with Crippen molar-refractivity contribution in [3.63, 3.8) is 0 Å². The van der Waals surface area contributed by atoms with E-state index in [0.29, 0.717) is 36.6 Å². The minimum Gasteiger partial charge on any atom is -0.352 e. The number of nitrogens with zero attached hydrogens (tertiary/aromatic N) is 2. The first-order chi connectivity index (χ1) is 14.8. The molecular weight excluding hydrogens is 438 g/mol. The Morgan fingerprint density at radius 3 is 2.32 bits per heavy atom. The first-order valence-corrected chi connectivity index (χ1v) is 12.0. The highest BCUT2D eigenvalue weighted by Gasteiger charge is 2.28. The van der Waals surface area contributed by atoms with Crippen molar-refractivity contribution in [3.8, 4) is 0 Å². The molecule has 0 bridgehead atoms. The first kappa shape index (κ1) is 23.2. The number of nitrogens with one attached hydrogen (secondary N) is 1. The summed E-state index contributed by atoms with van der Waals surface area (Å²) >= 11 is 5.82. The molecule has 1 heterocycles. The molecule has 2 aromatic carbocycles. The van der Waals surface area contributed by atoms with Crippen LogP contribution in [0.5, 0.6) is 0 Å². The number of hydrogen-bond acceptors (Lipinski definition) is 4. The quantitative estimate of drug-likeness (QED) is 0.713. The van der Waals surface area contributed by atoms with Crippen LogP contribution in [-0.4, -0.2) is 62.2 Å². The number of sulfonamides is 1. The number of aryl methyl sites for hydroxylation is 1. The van der Waals surface area contributed by atoms with E-state index >= 15 is 0 Å². The third-order valence-corrected chi connectivity index (χ3v) is 7.36. The number of carbonyl (C=O) groups is 2. The molecule has 1 aliphatic rings. The molecule has 1 aliphatic heterocycles. The minimum atomic E-state index is -3.58. The second-order valence-electron chi connectivity index (χ2n) is 7.46. The fourth-order valence-electron chi connectivity index (χ4n) is 3.39. The van der Waals surface area contributed by atoms with Crippen LogP contribution in [0.4, 0.5) is 0 Å². The molecule has 1 fully saturated rings. The normalized spacial score (nSPS) is 15.4. The van der Waals surface area contributed by atoms with Gasteiger partial charge in [0.25, 0.3) is 5.91 Å². The predicted molar refractivity (Wildman–Crippen MR) is 120 cm³/mol. The Balaban J connectivity index is 1.50. The third-order valence-electron chi connectivity index (χ3n) is 5.20. The second kappa shape index (κ2) is 10.3. The molecule has 2 amide bonds. The molecule has 0 unspecified atom stereocenters. The van der Waals surface area contributed by atoms with Crippen LogP contribution >= 0.6 is 11.6 Å². The number of benzene rings is 2. The van der Waals surface area contributed by atoms with Gasteiger partial charge in [0.15, 0.2) is 0 Å². The molecule has 166 valence electrons. The summed E-state index contributed by atoms with van der Waals surface area (Å²) in [5.74, 6) is -0.373. The van der Waals surface area contributed by atoms with Gasteiger partial charge in [-0.25, -0.2) is 8.42 Å². The van der Waals surface area contributed by atoms with Crippen molar-refractivity contribution < 1.29 is 18.0 Å². The van der Waals surface area contributed by atoms with Crippen LogP contribution in [-0.2, 0) is 14.8 Å². The molecule has 0 atom stereocenters.